The van der Waals surface area contributed by atoms with Gasteiger partial charge in [-0.15, -0.1) is 0 Å². The fraction of sp³-hybridized carbons (Fsp3) is 0.190. The number of hydrogen-bond donors (Lipinski definition) is 1. The largest absolute Gasteiger partial charge is 0.365 e. The fourth-order valence-electron chi connectivity index (χ4n) is 2.62. The van der Waals surface area contributed by atoms with Gasteiger partial charge in [0.25, 0.3) is 5.91 Å². The number of nitrogens with one attached hydrogen (secondary N) is 1. The molecule has 3 rings (SSSR count). The molecule has 5 nitrogen and oxygen atoms in total. The minimum atomic E-state index is -0.156. The van der Waals surface area contributed by atoms with E-state index in [-0.39, 0.29) is 5.91 Å². The predicted molar refractivity (Wildman–Crippen MR) is 104 cm³/mol. The lowest BCUT2D eigenvalue weighted by Gasteiger charge is -2.20. The average molecular weight is 346 g/mol. The van der Waals surface area contributed by atoms with Crippen LogP contribution in [0.4, 0.5) is 11.5 Å². The Morgan fingerprint density at radius 2 is 1.73 bits per heavy atom. The van der Waals surface area contributed by atoms with E-state index < -0.39 is 0 Å². The second kappa shape index (κ2) is 8.25. The standard InChI is InChI=1S/C21H22N4O/c1-3-25(18-7-5-4-6-8-18)21(26)19-14-24-20(15-22-19)23-13-17-11-9-16(2)10-12-17/h4-12,14-15H,3,13H2,1-2H3,(H,23,24). The van der Waals surface area contributed by atoms with Crippen LogP contribution in [0, 0.1) is 6.92 Å². The summed E-state index contributed by atoms with van der Waals surface area (Å²) in [5, 5.41) is 3.22. The molecule has 1 heterocycles. The number of aryl methyl sites for hydroxylation is 1. The normalized spacial score (nSPS) is 10.4. The topological polar surface area (TPSA) is 58.1 Å². The monoisotopic (exact) mass is 346 g/mol. The lowest BCUT2D eigenvalue weighted by molar-refractivity contribution is 0.0983. The molecule has 26 heavy (non-hydrogen) atoms. The summed E-state index contributed by atoms with van der Waals surface area (Å²) in [7, 11) is 0. The highest BCUT2D eigenvalue weighted by atomic mass is 16.2. The van der Waals surface area contributed by atoms with Gasteiger partial charge in [0.2, 0.25) is 0 Å². The molecular weight excluding hydrogens is 324 g/mol. The third-order valence-electron chi connectivity index (χ3n) is 4.09. The minimum absolute atomic E-state index is 0.156. The molecule has 0 saturated heterocycles. The lowest BCUT2D eigenvalue weighted by Crippen LogP contribution is -2.31. The van der Waals surface area contributed by atoms with Gasteiger partial charge in [-0.25, -0.2) is 9.97 Å². The number of carbonyl (C=O) groups excluding carboxylic acids is 1. The summed E-state index contributed by atoms with van der Waals surface area (Å²) >= 11 is 0. The van der Waals surface area contributed by atoms with Crippen molar-refractivity contribution in [3.05, 3.63) is 83.8 Å². The highest BCUT2D eigenvalue weighted by Crippen LogP contribution is 2.16. The van der Waals surface area contributed by atoms with Crippen molar-refractivity contribution < 1.29 is 4.79 Å². The summed E-state index contributed by atoms with van der Waals surface area (Å²) in [4.78, 5) is 23.0. The Labute approximate surface area is 153 Å². The molecule has 0 aliphatic carbocycles. The minimum Gasteiger partial charge on any atom is -0.365 e. The molecule has 3 aromatic rings. The molecule has 0 radical (unpaired) electrons. The van der Waals surface area contributed by atoms with Gasteiger partial charge in [0.15, 0.2) is 0 Å². The van der Waals surface area contributed by atoms with Crippen molar-refractivity contribution in [3.8, 4) is 0 Å². The van der Waals surface area contributed by atoms with Crippen LogP contribution in [0.3, 0.4) is 0 Å². The Morgan fingerprint density at radius 3 is 2.35 bits per heavy atom. The summed E-state index contributed by atoms with van der Waals surface area (Å²) in [5.74, 6) is 0.487. The van der Waals surface area contributed by atoms with Gasteiger partial charge >= 0.3 is 0 Å². The van der Waals surface area contributed by atoms with Gasteiger partial charge < -0.3 is 10.2 Å². The molecule has 0 aliphatic heterocycles. The van der Waals surface area contributed by atoms with E-state index in [0.29, 0.717) is 24.6 Å². The van der Waals surface area contributed by atoms with E-state index in [0.717, 1.165) is 5.69 Å². The van der Waals surface area contributed by atoms with E-state index in [9.17, 15) is 4.79 Å². The maximum absolute atomic E-state index is 12.7. The molecule has 1 N–H and O–H groups in total. The van der Waals surface area contributed by atoms with Crippen molar-refractivity contribution >= 4 is 17.4 Å². The molecule has 0 spiro atoms. The van der Waals surface area contributed by atoms with E-state index in [1.807, 2.05) is 37.3 Å². The number of carbonyl (C=O) groups is 1. The van der Waals surface area contributed by atoms with E-state index >= 15 is 0 Å². The van der Waals surface area contributed by atoms with Crippen LogP contribution in [0.25, 0.3) is 0 Å². The number of rotatable bonds is 6. The summed E-state index contributed by atoms with van der Waals surface area (Å²) in [6.07, 6.45) is 3.12. The first kappa shape index (κ1) is 17.6. The van der Waals surface area contributed by atoms with Crippen LogP contribution in [0.5, 0.6) is 0 Å². The number of benzene rings is 2. The third kappa shape index (κ3) is 4.25. The molecule has 0 atom stereocenters. The van der Waals surface area contributed by atoms with E-state index in [4.69, 9.17) is 0 Å². The van der Waals surface area contributed by atoms with Gasteiger partial charge in [-0.05, 0) is 31.5 Å². The van der Waals surface area contributed by atoms with Crippen LogP contribution in [0.1, 0.15) is 28.5 Å². The second-order valence-electron chi connectivity index (χ2n) is 6.01. The molecule has 1 amide bonds. The Hall–Kier alpha value is -3.21. The van der Waals surface area contributed by atoms with Crippen molar-refractivity contribution in [1.82, 2.24) is 9.97 Å². The summed E-state index contributed by atoms with van der Waals surface area (Å²) in [6, 6.07) is 17.9. The van der Waals surface area contributed by atoms with E-state index in [1.165, 1.54) is 17.3 Å². The number of aromatic nitrogens is 2. The number of amides is 1. The first-order valence-corrected chi connectivity index (χ1v) is 8.65. The van der Waals surface area contributed by atoms with Gasteiger partial charge in [-0.1, -0.05) is 48.0 Å². The third-order valence-corrected chi connectivity index (χ3v) is 4.09. The maximum atomic E-state index is 12.7. The highest BCUT2D eigenvalue weighted by molar-refractivity contribution is 6.04. The van der Waals surface area contributed by atoms with E-state index in [1.54, 1.807) is 11.1 Å². The number of anilines is 2. The van der Waals surface area contributed by atoms with Gasteiger partial charge in [0.1, 0.15) is 11.5 Å². The zero-order valence-corrected chi connectivity index (χ0v) is 15.0. The van der Waals surface area contributed by atoms with Crippen LogP contribution in [0.2, 0.25) is 0 Å². The quantitative estimate of drug-likeness (QED) is 0.731. The smallest absolute Gasteiger partial charge is 0.278 e. The number of para-hydroxylation sites is 1. The van der Waals surface area contributed by atoms with E-state index in [2.05, 4.69) is 46.5 Å². The predicted octanol–water partition coefficient (Wildman–Crippen LogP) is 4.06. The average Bonchev–Trinajstić information content (AvgIpc) is 2.69. The molecule has 0 aliphatic rings. The molecule has 0 bridgehead atoms. The molecule has 0 unspecified atom stereocenters. The van der Waals surface area contributed by atoms with Crippen LogP contribution in [0.15, 0.2) is 67.0 Å². The first-order chi connectivity index (χ1) is 12.7. The molecule has 1 aromatic heterocycles. The fourth-order valence-corrected chi connectivity index (χ4v) is 2.62. The second-order valence-corrected chi connectivity index (χ2v) is 6.01. The molecule has 132 valence electrons. The van der Waals surface area contributed by atoms with Crippen LogP contribution < -0.4 is 10.2 Å². The molecule has 0 saturated carbocycles. The number of hydrogen-bond acceptors (Lipinski definition) is 4. The number of nitrogens with zero attached hydrogens (tertiary/aromatic N) is 3. The summed E-state index contributed by atoms with van der Waals surface area (Å²) in [5.41, 5.74) is 3.58. The Balaban J connectivity index is 1.66. The highest BCUT2D eigenvalue weighted by Gasteiger charge is 2.17. The zero-order valence-electron chi connectivity index (χ0n) is 15.0. The lowest BCUT2D eigenvalue weighted by atomic mass is 10.1. The van der Waals surface area contributed by atoms with Crippen LogP contribution in [-0.4, -0.2) is 22.4 Å². The zero-order chi connectivity index (χ0) is 18.4. The first-order valence-electron chi connectivity index (χ1n) is 8.65. The van der Waals surface area contributed by atoms with Gasteiger partial charge in [-0.3, -0.25) is 4.79 Å². The maximum Gasteiger partial charge on any atom is 0.278 e. The van der Waals surface area contributed by atoms with Crippen LogP contribution in [-0.2, 0) is 6.54 Å². The Kier molecular flexibility index (Phi) is 5.59. The SMILES string of the molecule is CCN(C(=O)c1cnc(NCc2ccc(C)cc2)cn1)c1ccccc1. The summed E-state index contributed by atoms with van der Waals surface area (Å²) < 4.78 is 0. The summed E-state index contributed by atoms with van der Waals surface area (Å²) in [6.45, 7) is 5.23. The van der Waals surface area contributed by atoms with Crippen molar-refractivity contribution in [2.75, 3.05) is 16.8 Å². The van der Waals surface area contributed by atoms with Gasteiger partial charge in [0.05, 0.1) is 12.4 Å². The Morgan fingerprint density at radius 1 is 1.00 bits per heavy atom. The molecular formula is C21H22N4O. The van der Waals surface area contributed by atoms with Crippen molar-refractivity contribution in [3.63, 3.8) is 0 Å². The van der Waals surface area contributed by atoms with Crippen LogP contribution >= 0.6 is 0 Å². The van der Waals surface area contributed by atoms with Crippen molar-refractivity contribution in [2.24, 2.45) is 0 Å². The van der Waals surface area contributed by atoms with Crippen molar-refractivity contribution in [1.29, 1.82) is 0 Å². The molecule has 2 aromatic carbocycles. The molecule has 0 fully saturated rings. The van der Waals surface area contributed by atoms with Gasteiger partial charge in [0, 0.05) is 18.8 Å². The Bertz CT molecular complexity index is 845. The van der Waals surface area contributed by atoms with Crippen molar-refractivity contribution in [2.45, 2.75) is 20.4 Å². The molecule has 5 heteroatoms. The van der Waals surface area contributed by atoms with Gasteiger partial charge in [-0.2, -0.15) is 0 Å².